The van der Waals surface area contributed by atoms with Crippen LogP contribution in [-0.2, 0) is 14.6 Å². The van der Waals surface area contributed by atoms with E-state index in [4.69, 9.17) is 0 Å². The Hall–Kier alpha value is 0.450. The molecule has 0 aliphatic rings. The first kappa shape index (κ1) is 24.7. The van der Waals surface area contributed by atoms with Crippen LogP contribution >= 0.6 is 0 Å². The number of hydrogen-bond donors (Lipinski definition) is 0. The summed E-state index contributed by atoms with van der Waals surface area (Å²) in [6, 6.07) is 0. The smallest absolute Gasteiger partial charge is 0.716 e. The first-order valence-corrected chi connectivity index (χ1v) is 9.68. The van der Waals surface area contributed by atoms with E-state index >= 15 is 0 Å². The maximum absolute atomic E-state index is 10.1. The van der Waals surface area contributed by atoms with Crippen molar-refractivity contribution in [2.75, 3.05) is 0 Å². The molecular weight excluding hydrogens is 311 g/mol. The molecule has 0 amide bonds. The molecule has 0 radical (unpaired) electrons. The molecule has 0 aliphatic heterocycles. The van der Waals surface area contributed by atoms with Crippen LogP contribution < -0.4 is 29.6 Å². The molecule has 0 atom stereocenters. The Bertz CT molecular complexity index is 342. The molecule has 0 aromatic rings. The molecule has 0 unspecified atom stereocenters. The van der Waals surface area contributed by atoms with Crippen LogP contribution in [0, 0.1) is 0 Å². The van der Waals surface area contributed by atoms with Gasteiger partial charge in [0.25, 0.3) is 10.4 Å². The zero-order valence-corrected chi connectivity index (χ0v) is 17.2. The Morgan fingerprint density at radius 3 is 1.64 bits per heavy atom. The summed E-state index contributed by atoms with van der Waals surface area (Å²) in [6.45, 7) is 2.24. The number of unbranched alkanes of at least 4 members (excludes halogenated alkanes) is 12. The molecule has 0 saturated carbocycles. The second-order valence-corrected chi connectivity index (χ2v) is 6.56. The minimum atomic E-state index is -4.58. The Balaban J connectivity index is 0. The zero-order valence-electron chi connectivity index (χ0n) is 14.4. The van der Waals surface area contributed by atoms with Gasteiger partial charge in [0.2, 0.25) is 0 Å². The third-order valence-electron chi connectivity index (χ3n) is 3.49. The van der Waals surface area contributed by atoms with Crippen LogP contribution in [0.25, 0.3) is 0 Å². The van der Waals surface area contributed by atoms with Gasteiger partial charge in [-0.05, 0) is 18.9 Å². The largest absolute Gasteiger partial charge is 1.00 e. The standard InChI is InChI=1S/C16H32O4S.Na/c1-2-3-4-5-6-7-8-9-10-11-12-13-14-15-16-20-21(17,18)19;/h15-16H,2-14H2,1H3,(H,17,18,19);/q;+1/p-1/b16-15+;. The third kappa shape index (κ3) is 22.7. The third-order valence-corrected chi connectivity index (χ3v) is 3.84. The summed E-state index contributed by atoms with van der Waals surface area (Å²) in [5.74, 6) is 0. The fraction of sp³-hybridized carbons (Fsp3) is 0.875. The monoisotopic (exact) mass is 342 g/mol. The van der Waals surface area contributed by atoms with Gasteiger partial charge in [0.1, 0.15) is 6.26 Å². The van der Waals surface area contributed by atoms with Crippen LogP contribution in [0.5, 0.6) is 0 Å². The van der Waals surface area contributed by atoms with Crippen LogP contribution in [0.4, 0.5) is 0 Å². The molecule has 0 N–H and O–H groups in total. The van der Waals surface area contributed by atoms with Crippen molar-refractivity contribution in [3.8, 4) is 0 Å². The number of hydrogen-bond acceptors (Lipinski definition) is 4. The second-order valence-electron chi connectivity index (χ2n) is 5.55. The van der Waals surface area contributed by atoms with E-state index in [2.05, 4.69) is 11.1 Å². The molecule has 6 heteroatoms. The van der Waals surface area contributed by atoms with E-state index in [1.54, 1.807) is 6.08 Å². The SMILES string of the molecule is CCCCCCCCCCCCCC/C=C/OS(=O)(=O)[O-].[Na+]. The fourth-order valence-electron chi connectivity index (χ4n) is 2.28. The molecule has 0 spiro atoms. The van der Waals surface area contributed by atoms with E-state index in [9.17, 15) is 13.0 Å². The van der Waals surface area contributed by atoms with Crippen molar-refractivity contribution >= 4 is 10.4 Å². The molecule has 0 rings (SSSR count). The molecule has 0 heterocycles. The van der Waals surface area contributed by atoms with E-state index < -0.39 is 10.4 Å². The summed E-state index contributed by atoms with van der Waals surface area (Å²) in [4.78, 5) is 0. The summed E-state index contributed by atoms with van der Waals surface area (Å²) in [6.07, 6.45) is 18.9. The number of rotatable bonds is 15. The molecule has 4 nitrogen and oxygen atoms in total. The summed E-state index contributed by atoms with van der Waals surface area (Å²) in [5.41, 5.74) is 0. The first-order valence-electron chi connectivity index (χ1n) is 8.35. The molecule has 0 saturated heterocycles. The van der Waals surface area contributed by atoms with Gasteiger partial charge in [0, 0.05) is 0 Å². The van der Waals surface area contributed by atoms with Gasteiger partial charge in [-0.1, -0.05) is 77.6 Å². The first-order chi connectivity index (χ1) is 10.1. The van der Waals surface area contributed by atoms with Gasteiger partial charge >= 0.3 is 29.6 Å². The summed E-state index contributed by atoms with van der Waals surface area (Å²) >= 11 is 0. The second kappa shape index (κ2) is 17.8. The van der Waals surface area contributed by atoms with Crippen LogP contribution in [-0.4, -0.2) is 13.0 Å². The van der Waals surface area contributed by atoms with Gasteiger partial charge in [-0.15, -0.1) is 0 Å². The molecule has 0 aromatic heterocycles. The van der Waals surface area contributed by atoms with E-state index in [1.807, 2.05) is 0 Å². The van der Waals surface area contributed by atoms with Crippen molar-refractivity contribution in [1.82, 2.24) is 0 Å². The molecule has 0 fully saturated rings. The predicted molar refractivity (Wildman–Crippen MR) is 85.6 cm³/mol. The summed E-state index contributed by atoms with van der Waals surface area (Å²) < 4.78 is 34.4. The van der Waals surface area contributed by atoms with Crippen molar-refractivity contribution in [3.63, 3.8) is 0 Å². The van der Waals surface area contributed by atoms with Crippen LogP contribution in [0.15, 0.2) is 12.3 Å². The van der Waals surface area contributed by atoms with Crippen molar-refractivity contribution in [3.05, 3.63) is 12.3 Å². The molecule has 126 valence electrons. The average Bonchev–Trinajstić information content (AvgIpc) is 2.42. The van der Waals surface area contributed by atoms with Gasteiger partial charge < -0.3 is 8.74 Å². The summed E-state index contributed by atoms with van der Waals surface area (Å²) in [5, 5.41) is 0. The van der Waals surface area contributed by atoms with Gasteiger partial charge in [-0.2, -0.15) is 0 Å². The van der Waals surface area contributed by atoms with Gasteiger partial charge in [-0.3, -0.25) is 0 Å². The topological polar surface area (TPSA) is 66.4 Å². The minimum absolute atomic E-state index is 0. The van der Waals surface area contributed by atoms with Crippen LogP contribution in [0.2, 0.25) is 0 Å². The van der Waals surface area contributed by atoms with Gasteiger partial charge in [0.05, 0.1) is 0 Å². The van der Waals surface area contributed by atoms with Crippen molar-refractivity contribution in [2.24, 2.45) is 0 Å². The average molecular weight is 342 g/mol. The molecular formula is C16H31NaO4S. The maximum Gasteiger partial charge on any atom is 1.00 e. The quantitative estimate of drug-likeness (QED) is 0.150. The van der Waals surface area contributed by atoms with E-state index in [0.29, 0.717) is 0 Å². The molecule has 22 heavy (non-hydrogen) atoms. The molecule has 0 aliphatic carbocycles. The minimum Gasteiger partial charge on any atom is -0.716 e. The Morgan fingerprint density at radius 2 is 1.23 bits per heavy atom. The summed E-state index contributed by atoms with van der Waals surface area (Å²) in [7, 11) is -4.58. The Morgan fingerprint density at radius 1 is 0.818 bits per heavy atom. The van der Waals surface area contributed by atoms with Crippen LogP contribution in [0.3, 0.4) is 0 Å². The van der Waals surface area contributed by atoms with Gasteiger partial charge in [-0.25, -0.2) is 8.42 Å². The predicted octanol–water partition coefficient (Wildman–Crippen LogP) is 2.07. The zero-order chi connectivity index (χ0) is 15.8. The van der Waals surface area contributed by atoms with Crippen LogP contribution in [0.1, 0.15) is 90.4 Å². The Kier molecular flexibility index (Phi) is 20.0. The van der Waals surface area contributed by atoms with E-state index in [-0.39, 0.29) is 29.6 Å². The molecule has 0 bridgehead atoms. The van der Waals surface area contributed by atoms with Crippen molar-refractivity contribution < 1.29 is 46.7 Å². The van der Waals surface area contributed by atoms with Gasteiger partial charge in [0.15, 0.2) is 0 Å². The van der Waals surface area contributed by atoms with Crippen molar-refractivity contribution in [1.29, 1.82) is 0 Å². The van der Waals surface area contributed by atoms with E-state index in [0.717, 1.165) is 25.5 Å². The van der Waals surface area contributed by atoms with E-state index in [1.165, 1.54) is 64.2 Å². The number of allylic oxidation sites excluding steroid dienone is 1. The normalized spacial score (nSPS) is 11.5. The van der Waals surface area contributed by atoms with Crippen molar-refractivity contribution in [2.45, 2.75) is 90.4 Å². The fourth-order valence-corrected chi connectivity index (χ4v) is 2.49. The molecule has 0 aromatic carbocycles. The maximum atomic E-state index is 10.1. The Labute approximate surface area is 159 Å².